The first-order valence-corrected chi connectivity index (χ1v) is 13.0. The van der Waals surface area contributed by atoms with Crippen LogP contribution in [-0.2, 0) is 20.3 Å². The van der Waals surface area contributed by atoms with Crippen molar-refractivity contribution >= 4 is 40.9 Å². The van der Waals surface area contributed by atoms with Crippen LogP contribution < -0.4 is 9.61 Å². The molecule has 9 heteroatoms. The second kappa shape index (κ2) is 10.8. The van der Waals surface area contributed by atoms with Gasteiger partial charge in [-0.05, 0) is 54.1 Å². The van der Waals surface area contributed by atoms with E-state index >= 15 is 0 Å². The van der Waals surface area contributed by atoms with Gasteiger partial charge in [-0.1, -0.05) is 38.1 Å². The van der Waals surface area contributed by atoms with Crippen LogP contribution in [0.5, 0.6) is 5.75 Å². The Morgan fingerprint density at radius 1 is 1.12 bits per heavy atom. The van der Waals surface area contributed by atoms with E-state index in [0.717, 1.165) is 10.1 Å². The monoisotopic (exact) mass is 475 g/mol. The number of hydrogen-bond donors (Lipinski definition) is 2. The van der Waals surface area contributed by atoms with Crippen molar-refractivity contribution < 1.29 is 28.5 Å². The van der Waals surface area contributed by atoms with Crippen LogP contribution in [0.1, 0.15) is 41.9 Å². The number of aromatic carboxylic acids is 1. The molecule has 0 saturated heterocycles. The predicted octanol–water partition coefficient (Wildman–Crippen LogP) is 5.69. The van der Waals surface area contributed by atoms with Gasteiger partial charge >= 0.3 is 19.5 Å². The number of fused-ring (bicyclic) bond motifs is 1. The minimum Gasteiger partial charge on any atom is -0.477 e. The van der Waals surface area contributed by atoms with Crippen LogP contribution in [0.3, 0.4) is 0 Å². The second-order valence-electron chi connectivity index (χ2n) is 7.28. The van der Waals surface area contributed by atoms with Crippen LogP contribution >= 0.6 is 18.9 Å². The third-order valence-electron chi connectivity index (χ3n) is 4.67. The largest absolute Gasteiger partial charge is 0.477 e. The van der Waals surface area contributed by atoms with E-state index in [-0.39, 0.29) is 11.0 Å². The molecule has 0 fully saturated rings. The number of benzene rings is 2. The minimum atomic E-state index is -3.58. The van der Waals surface area contributed by atoms with E-state index in [0.29, 0.717) is 30.8 Å². The minimum absolute atomic E-state index is 0.0215. The smallest absolute Gasteiger partial charge is 0.345 e. The van der Waals surface area contributed by atoms with Crippen LogP contribution in [0.25, 0.3) is 10.1 Å². The summed E-state index contributed by atoms with van der Waals surface area (Å²) in [5, 5.41) is 12.9. The molecule has 1 heterocycles. The van der Waals surface area contributed by atoms with Gasteiger partial charge in [-0.2, -0.15) is 0 Å². The molecule has 170 valence electrons. The molecule has 0 aliphatic rings. The molecule has 1 aromatic heterocycles. The molecule has 2 N–H and O–H groups in total. The Hall–Kier alpha value is -2.67. The molecule has 2 atom stereocenters. The van der Waals surface area contributed by atoms with Gasteiger partial charge in [-0.3, -0.25) is 9.36 Å². The molecule has 0 aliphatic heterocycles. The molecule has 0 spiro atoms. The molecular formula is C23H26NO6PS. The number of ether oxygens (including phenoxy) is 1. The molecule has 3 rings (SSSR count). The Morgan fingerprint density at radius 3 is 2.53 bits per heavy atom. The van der Waals surface area contributed by atoms with Gasteiger partial charge in [0.15, 0.2) is 0 Å². The molecule has 2 aromatic carbocycles. The number of hydrogen-bond acceptors (Lipinski definition) is 6. The van der Waals surface area contributed by atoms with E-state index in [1.54, 1.807) is 48.5 Å². The number of carboxylic acid groups (broad SMARTS) is 1. The summed E-state index contributed by atoms with van der Waals surface area (Å²) in [6.07, 6.45) is 1.10. The number of rotatable bonds is 11. The topological polar surface area (TPSA) is 102 Å². The van der Waals surface area contributed by atoms with Gasteiger partial charge in [0.05, 0.1) is 12.8 Å². The maximum atomic E-state index is 13.9. The van der Waals surface area contributed by atoms with E-state index < -0.39 is 25.5 Å². The van der Waals surface area contributed by atoms with Crippen molar-refractivity contribution in [1.29, 1.82) is 0 Å². The fourth-order valence-electron chi connectivity index (χ4n) is 3.14. The highest BCUT2D eigenvalue weighted by Crippen LogP contribution is 2.47. The molecule has 0 bridgehead atoms. The van der Waals surface area contributed by atoms with Gasteiger partial charge < -0.3 is 14.4 Å². The highest BCUT2D eigenvalue weighted by molar-refractivity contribution is 7.56. The third kappa shape index (κ3) is 6.19. The number of esters is 1. The summed E-state index contributed by atoms with van der Waals surface area (Å²) >= 11 is 1.18. The third-order valence-corrected chi connectivity index (χ3v) is 7.77. The maximum absolute atomic E-state index is 13.9. The van der Waals surface area contributed by atoms with Crippen molar-refractivity contribution in [2.24, 2.45) is 0 Å². The lowest BCUT2D eigenvalue weighted by atomic mass is 10.2. The van der Waals surface area contributed by atoms with Crippen molar-refractivity contribution in [2.45, 2.75) is 38.9 Å². The lowest BCUT2D eigenvalue weighted by Crippen LogP contribution is -2.37. The zero-order valence-electron chi connectivity index (χ0n) is 17.9. The van der Waals surface area contributed by atoms with Crippen LogP contribution in [-0.4, -0.2) is 29.7 Å². The lowest BCUT2D eigenvalue weighted by molar-refractivity contribution is -0.145. The fourth-order valence-corrected chi connectivity index (χ4v) is 6.14. The summed E-state index contributed by atoms with van der Waals surface area (Å²) < 4.78 is 25.9. The van der Waals surface area contributed by atoms with Crippen LogP contribution in [0, 0.1) is 0 Å². The summed E-state index contributed by atoms with van der Waals surface area (Å²) in [6.45, 7) is 4.01. The lowest BCUT2D eigenvalue weighted by Gasteiger charge is -2.25. The van der Waals surface area contributed by atoms with Gasteiger partial charge in [0.25, 0.3) is 0 Å². The molecule has 3 aromatic rings. The molecule has 0 radical (unpaired) electrons. The number of carbonyl (C=O) groups excluding carboxylic acids is 1. The first-order chi connectivity index (χ1) is 15.3. The molecule has 0 aliphatic carbocycles. The van der Waals surface area contributed by atoms with E-state index in [9.17, 15) is 19.3 Å². The Kier molecular flexibility index (Phi) is 8.07. The van der Waals surface area contributed by atoms with Gasteiger partial charge in [0.2, 0.25) is 0 Å². The van der Waals surface area contributed by atoms with Crippen molar-refractivity contribution in [3.8, 4) is 5.75 Å². The number of carbonyl (C=O) groups is 2. The summed E-state index contributed by atoms with van der Waals surface area (Å²) in [5.74, 6) is -1.03. The number of nitrogens with one attached hydrogen (secondary N) is 1. The average Bonchev–Trinajstić information content (AvgIpc) is 3.20. The molecule has 0 amide bonds. The van der Waals surface area contributed by atoms with Crippen LogP contribution in [0.2, 0.25) is 0 Å². The maximum Gasteiger partial charge on any atom is 0.345 e. The molecular weight excluding hydrogens is 449 g/mol. The SMILES string of the molecule is CCCOC(=O)[C@H](CC)NP(=O)(Cc1ccc2sc(C(=O)O)cc2c1)Oc1ccccc1. The van der Waals surface area contributed by atoms with E-state index in [4.69, 9.17) is 9.26 Å². The summed E-state index contributed by atoms with van der Waals surface area (Å²) in [7, 11) is -3.58. The Balaban J connectivity index is 1.89. The standard InChI is InChI=1S/C23H26NO6PS/c1-3-12-29-23(27)19(4-2)24-31(28,30-18-8-6-5-7-9-18)15-16-10-11-20-17(13-16)14-21(32-20)22(25)26/h5-11,13-14,19H,3-4,12,15H2,1-2H3,(H,24,28)(H,25,26)/t19-,31?/m0/s1. The highest BCUT2D eigenvalue weighted by Gasteiger charge is 2.32. The van der Waals surface area contributed by atoms with E-state index in [1.807, 2.05) is 19.9 Å². The normalized spacial score (nSPS) is 13.9. The first-order valence-electron chi connectivity index (χ1n) is 10.4. The molecule has 1 unspecified atom stereocenters. The van der Waals surface area contributed by atoms with Crippen LogP contribution in [0.4, 0.5) is 0 Å². The summed E-state index contributed by atoms with van der Waals surface area (Å²) in [5.41, 5.74) is 0.704. The first kappa shape index (κ1) is 24.0. The van der Waals surface area contributed by atoms with Gasteiger partial charge in [-0.15, -0.1) is 11.3 Å². The Morgan fingerprint density at radius 2 is 1.88 bits per heavy atom. The van der Waals surface area contributed by atoms with Crippen molar-refractivity contribution in [1.82, 2.24) is 5.09 Å². The van der Waals surface area contributed by atoms with E-state index in [2.05, 4.69) is 5.09 Å². The molecule has 0 saturated carbocycles. The predicted molar refractivity (Wildman–Crippen MR) is 126 cm³/mol. The molecule has 32 heavy (non-hydrogen) atoms. The zero-order chi connectivity index (χ0) is 23.1. The summed E-state index contributed by atoms with van der Waals surface area (Å²) in [4.78, 5) is 24.0. The Bertz CT molecular complexity index is 1130. The number of para-hydroxylation sites is 1. The van der Waals surface area contributed by atoms with Crippen molar-refractivity contribution in [2.75, 3.05) is 6.61 Å². The zero-order valence-corrected chi connectivity index (χ0v) is 19.7. The second-order valence-corrected chi connectivity index (χ2v) is 10.5. The quantitative estimate of drug-likeness (QED) is 0.271. The average molecular weight is 476 g/mol. The summed E-state index contributed by atoms with van der Waals surface area (Å²) in [6, 6.07) is 15.0. The van der Waals surface area contributed by atoms with Gasteiger partial charge in [-0.25, -0.2) is 9.88 Å². The van der Waals surface area contributed by atoms with Crippen LogP contribution in [0.15, 0.2) is 54.6 Å². The van der Waals surface area contributed by atoms with Crippen molar-refractivity contribution in [3.63, 3.8) is 0 Å². The van der Waals surface area contributed by atoms with Gasteiger partial charge in [0.1, 0.15) is 16.7 Å². The fraction of sp³-hybridized carbons (Fsp3) is 0.304. The number of carboxylic acids is 1. The van der Waals surface area contributed by atoms with Gasteiger partial charge in [0, 0.05) is 4.70 Å². The highest BCUT2D eigenvalue weighted by atomic mass is 32.1. The molecule has 7 nitrogen and oxygen atoms in total. The Labute approximate surface area is 190 Å². The van der Waals surface area contributed by atoms with Crippen molar-refractivity contribution in [3.05, 3.63) is 65.0 Å². The number of thiophene rings is 1. The van der Waals surface area contributed by atoms with E-state index in [1.165, 1.54) is 11.3 Å².